The second-order valence-corrected chi connectivity index (χ2v) is 5.95. The van der Waals surface area contributed by atoms with Gasteiger partial charge in [0.1, 0.15) is 0 Å². The van der Waals surface area contributed by atoms with Gasteiger partial charge in [-0.2, -0.15) is 18.4 Å². The van der Waals surface area contributed by atoms with Gasteiger partial charge < -0.3 is 5.11 Å². The molecule has 0 fully saturated rings. The van der Waals surface area contributed by atoms with Crippen molar-refractivity contribution in [2.24, 2.45) is 0 Å². The van der Waals surface area contributed by atoms with Gasteiger partial charge in [0.05, 0.1) is 22.1 Å². The number of sulfonamides is 1. The van der Waals surface area contributed by atoms with Gasteiger partial charge in [-0.1, -0.05) is 0 Å². The second kappa shape index (κ2) is 6.76. The van der Waals surface area contributed by atoms with Gasteiger partial charge in [-0.3, -0.25) is 4.79 Å². The summed E-state index contributed by atoms with van der Waals surface area (Å²) in [4.78, 5) is 9.29. The van der Waals surface area contributed by atoms with E-state index in [1.165, 1.54) is 6.07 Å². The lowest BCUT2D eigenvalue weighted by Gasteiger charge is -2.14. The zero-order valence-corrected chi connectivity index (χ0v) is 11.8. The van der Waals surface area contributed by atoms with Crippen LogP contribution in [-0.4, -0.2) is 26.0 Å². The van der Waals surface area contributed by atoms with Gasteiger partial charge in [-0.05, 0) is 24.6 Å². The quantitative estimate of drug-likeness (QED) is 0.769. The first-order valence-electron chi connectivity index (χ1n) is 5.91. The lowest BCUT2D eigenvalue weighted by Crippen LogP contribution is -2.27. The average molecular weight is 336 g/mol. The first kappa shape index (κ1) is 17.9. The second-order valence-electron chi connectivity index (χ2n) is 4.22. The molecule has 0 heterocycles. The largest absolute Gasteiger partial charge is 0.481 e. The Kier molecular flexibility index (Phi) is 5.51. The van der Waals surface area contributed by atoms with Crippen LogP contribution in [0.15, 0.2) is 23.1 Å². The molecule has 10 heteroatoms. The van der Waals surface area contributed by atoms with Gasteiger partial charge in [-0.25, -0.2) is 13.1 Å². The number of halogens is 3. The van der Waals surface area contributed by atoms with Crippen molar-refractivity contribution in [2.75, 3.05) is 6.54 Å². The highest BCUT2D eigenvalue weighted by atomic mass is 32.2. The van der Waals surface area contributed by atoms with Crippen molar-refractivity contribution in [3.63, 3.8) is 0 Å². The minimum absolute atomic E-state index is 0.0633. The third-order valence-corrected chi connectivity index (χ3v) is 4.08. The standard InChI is InChI=1S/C12H11F3N2O4S/c13-12(14,15)9-6-8(7-16)3-4-10(9)22(20,21)17-5-1-2-11(18)19/h3-4,6,17H,1-2,5H2,(H,18,19). The van der Waals surface area contributed by atoms with Crippen molar-refractivity contribution in [3.8, 4) is 6.07 Å². The fourth-order valence-electron chi connectivity index (χ4n) is 1.58. The number of carbonyl (C=O) groups is 1. The summed E-state index contributed by atoms with van der Waals surface area (Å²) in [5.41, 5.74) is -1.77. The Morgan fingerprint density at radius 3 is 2.50 bits per heavy atom. The van der Waals surface area contributed by atoms with Crippen LogP contribution in [0.2, 0.25) is 0 Å². The zero-order valence-electron chi connectivity index (χ0n) is 11.0. The minimum atomic E-state index is -4.95. The number of hydrogen-bond acceptors (Lipinski definition) is 4. The normalized spacial score (nSPS) is 11.9. The molecule has 6 nitrogen and oxygen atoms in total. The number of carboxylic acid groups (broad SMARTS) is 1. The molecule has 1 rings (SSSR count). The molecule has 0 aliphatic rings. The summed E-state index contributed by atoms with van der Waals surface area (Å²) in [6.07, 6.45) is -5.33. The van der Waals surface area contributed by atoms with Crippen LogP contribution in [0.1, 0.15) is 24.0 Å². The van der Waals surface area contributed by atoms with Crippen molar-refractivity contribution in [1.29, 1.82) is 5.26 Å². The van der Waals surface area contributed by atoms with Crippen molar-refractivity contribution in [3.05, 3.63) is 29.3 Å². The Bertz CT molecular complexity index is 708. The number of benzene rings is 1. The molecule has 0 amide bonds. The number of aliphatic carboxylic acids is 1. The molecule has 0 saturated carbocycles. The van der Waals surface area contributed by atoms with Crippen molar-refractivity contribution in [2.45, 2.75) is 23.9 Å². The van der Waals surface area contributed by atoms with E-state index in [1.54, 1.807) is 0 Å². The first-order valence-corrected chi connectivity index (χ1v) is 7.39. The molecule has 0 aliphatic heterocycles. The summed E-state index contributed by atoms with van der Waals surface area (Å²) in [6.45, 7) is -0.314. The molecule has 0 aliphatic carbocycles. The summed E-state index contributed by atoms with van der Waals surface area (Å²) >= 11 is 0. The van der Waals surface area contributed by atoms with Crippen molar-refractivity contribution < 1.29 is 31.5 Å². The van der Waals surface area contributed by atoms with E-state index in [9.17, 15) is 26.4 Å². The summed E-state index contributed by atoms with van der Waals surface area (Å²) < 4.78 is 64.4. The van der Waals surface area contributed by atoms with E-state index in [4.69, 9.17) is 10.4 Å². The van der Waals surface area contributed by atoms with E-state index >= 15 is 0 Å². The Labute approximate surface area is 124 Å². The van der Waals surface area contributed by atoms with Crippen LogP contribution in [0, 0.1) is 11.3 Å². The highest BCUT2D eigenvalue weighted by Crippen LogP contribution is 2.34. The van der Waals surface area contributed by atoms with Gasteiger partial charge in [0, 0.05) is 13.0 Å². The molecule has 0 aromatic heterocycles. The Hall–Kier alpha value is -2.12. The van der Waals surface area contributed by atoms with Crippen molar-refractivity contribution in [1.82, 2.24) is 4.72 Å². The lowest BCUT2D eigenvalue weighted by molar-refractivity contribution is -0.140. The van der Waals surface area contributed by atoms with E-state index < -0.39 is 32.6 Å². The van der Waals surface area contributed by atoms with E-state index in [0.717, 1.165) is 6.07 Å². The van der Waals surface area contributed by atoms with Gasteiger partial charge in [-0.15, -0.1) is 0 Å². The summed E-state index contributed by atoms with van der Waals surface area (Å²) in [6, 6.07) is 3.61. The fourth-order valence-corrected chi connectivity index (χ4v) is 2.86. The number of hydrogen-bond donors (Lipinski definition) is 2. The molecule has 0 bridgehead atoms. The van der Waals surface area contributed by atoms with E-state index in [0.29, 0.717) is 12.1 Å². The van der Waals surface area contributed by atoms with Gasteiger partial charge in [0.15, 0.2) is 0 Å². The van der Waals surface area contributed by atoms with Crippen LogP contribution in [-0.2, 0) is 21.0 Å². The van der Waals surface area contributed by atoms with Crippen LogP contribution < -0.4 is 4.72 Å². The smallest absolute Gasteiger partial charge is 0.417 e. The van der Waals surface area contributed by atoms with Gasteiger partial charge in [0.25, 0.3) is 0 Å². The number of nitrogens with zero attached hydrogens (tertiary/aromatic N) is 1. The molecule has 0 spiro atoms. The topological polar surface area (TPSA) is 107 Å². The van der Waals surface area contributed by atoms with Gasteiger partial charge >= 0.3 is 12.1 Å². The molecule has 0 radical (unpaired) electrons. The highest BCUT2D eigenvalue weighted by Gasteiger charge is 2.37. The number of nitriles is 1. The Morgan fingerprint density at radius 1 is 1.36 bits per heavy atom. The maximum absolute atomic E-state index is 12.9. The van der Waals surface area contributed by atoms with Crippen LogP contribution >= 0.6 is 0 Å². The van der Waals surface area contributed by atoms with Crippen LogP contribution in [0.3, 0.4) is 0 Å². The number of nitrogens with one attached hydrogen (secondary N) is 1. The van der Waals surface area contributed by atoms with Crippen LogP contribution in [0.25, 0.3) is 0 Å². The molecular weight excluding hydrogens is 325 g/mol. The molecule has 1 aromatic carbocycles. The van der Waals surface area contributed by atoms with Crippen LogP contribution in [0.4, 0.5) is 13.2 Å². The number of carboxylic acids is 1. The fraction of sp³-hybridized carbons (Fsp3) is 0.333. The maximum atomic E-state index is 12.9. The van der Waals surface area contributed by atoms with E-state index in [1.807, 2.05) is 4.72 Å². The molecule has 22 heavy (non-hydrogen) atoms. The predicted octanol–water partition coefficient (Wildman–Crippen LogP) is 1.72. The highest BCUT2D eigenvalue weighted by molar-refractivity contribution is 7.89. The predicted molar refractivity (Wildman–Crippen MR) is 68.2 cm³/mol. The average Bonchev–Trinajstić information content (AvgIpc) is 2.42. The maximum Gasteiger partial charge on any atom is 0.417 e. The summed E-state index contributed by atoms with van der Waals surface area (Å²) in [5.74, 6) is -1.14. The third-order valence-electron chi connectivity index (χ3n) is 2.56. The monoisotopic (exact) mass is 336 g/mol. The van der Waals surface area contributed by atoms with Crippen molar-refractivity contribution >= 4 is 16.0 Å². The molecule has 0 saturated heterocycles. The molecule has 2 N–H and O–H groups in total. The molecular formula is C12H11F3N2O4S. The van der Waals surface area contributed by atoms with E-state index in [2.05, 4.69) is 0 Å². The van der Waals surface area contributed by atoms with E-state index in [-0.39, 0.29) is 24.9 Å². The minimum Gasteiger partial charge on any atom is -0.481 e. The summed E-state index contributed by atoms with van der Waals surface area (Å²) in [5, 5.41) is 17.0. The lowest BCUT2D eigenvalue weighted by atomic mass is 10.1. The zero-order chi connectivity index (χ0) is 17.0. The Morgan fingerprint density at radius 2 is 2.00 bits per heavy atom. The molecule has 0 atom stereocenters. The number of alkyl halides is 3. The third kappa shape index (κ3) is 4.71. The first-order chi connectivity index (χ1) is 10.1. The van der Waals surface area contributed by atoms with Gasteiger partial charge in [0.2, 0.25) is 10.0 Å². The molecule has 1 aromatic rings. The number of rotatable bonds is 6. The molecule has 0 unspecified atom stereocenters. The Balaban J connectivity index is 3.09. The summed E-state index contributed by atoms with van der Waals surface area (Å²) in [7, 11) is -4.47. The molecule has 120 valence electrons. The SMILES string of the molecule is N#Cc1ccc(S(=O)(=O)NCCCC(=O)O)c(C(F)(F)F)c1. The van der Waals surface area contributed by atoms with Crippen LogP contribution in [0.5, 0.6) is 0 Å².